The zero-order valence-corrected chi connectivity index (χ0v) is 6.50. The van der Waals surface area contributed by atoms with Gasteiger partial charge in [0.25, 0.3) is 5.56 Å². The zero-order chi connectivity index (χ0) is 8.81. The average molecular weight is 163 g/mol. The van der Waals surface area contributed by atoms with Crippen molar-refractivity contribution in [1.82, 2.24) is 9.97 Å². The second kappa shape index (κ2) is 4.19. The molecule has 0 spiro atoms. The minimum Gasteiger partial charge on any atom is -0.365 e. The molecule has 1 aromatic rings. The topological polar surface area (TPSA) is 57.8 Å². The van der Waals surface area contributed by atoms with Gasteiger partial charge in [-0.15, -0.1) is 12.3 Å². The summed E-state index contributed by atoms with van der Waals surface area (Å²) < 4.78 is 0. The molecule has 0 amide bonds. The minimum atomic E-state index is -0.227. The largest absolute Gasteiger partial charge is 0.365 e. The fourth-order valence-corrected chi connectivity index (χ4v) is 0.731. The van der Waals surface area contributed by atoms with Gasteiger partial charge in [0.1, 0.15) is 0 Å². The molecule has 0 saturated carbocycles. The highest BCUT2D eigenvalue weighted by Gasteiger charge is 1.95. The maximum Gasteiger partial charge on any atom is 0.290 e. The lowest BCUT2D eigenvalue weighted by Gasteiger charge is -1.99. The van der Waals surface area contributed by atoms with Crippen LogP contribution in [0.4, 0.5) is 5.82 Å². The first kappa shape index (κ1) is 8.34. The monoisotopic (exact) mass is 163 g/mol. The molecule has 0 fully saturated rings. The summed E-state index contributed by atoms with van der Waals surface area (Å²) in [7, 11) is 0. The number of aromatic amines is 1. The first-order valence-electron chi connectivity index (χ1n) is 3.55. The number of nitrogens with one attached hydrogen (secondary N) is 2. The van der Waals surface area contributed by atoms with Crippen LogP contribution in [0, 0.1) is 12.3 Å². The predicted molar refractivity (Wildman–Crippen MR) is 46.8 cm³/mol. The molecule has 2 N–H and O–H groups in total. The van der Waals surface area contributed by atoms with E-state index in [0.29, 0.717) is 18.8 Å². The Balaban J connectivity index is 2.59. The van der Waals surface area contributed by atoms with Crippen LogP contribution >= 0.6 is 0 Å². The molecule has 0 aliphatic rings. The van der Waals surface area contributed by atoms with Gasteiger partial charge in [0.05, 0.1) is 0 Å². The summed E-state index contributed by atoms with van der Waals surface area (Å²) in [6.07, 6.45) is 8.61. The first-order valence-corrected chi connectivity index (χ1v) is 3.55. The Labute approximate surface area is 70.0 Å². The summed E-state index contributed by atoms with van der Waals surface area (Å²) in [6, 6.07) is 0. The number of nitrogens with zero attached hydrogens (tertiary/aromatic N) is 1. The van der Waals surface area contributed by atoms with E-state index in [0.717, 1.165) is 0 Å². The van der Waals surface area contributed by atoms with Gasteiger partial charge in [-0.2, -0.15) is 0 Å². The molecule has 0 aliphatic heterocycles. The van der Waals surface area contributed by atoms with E-state index in [9.17, 15) is 4.79 Å². The molecule has 0 bridgehead atoms. The third-order valence-electron chi connectivity index (χ3n) is 1.27. The third kappa shape index (κ3) is 2.13. The Morgan fingerprint density at radius 2 is 2.58 bits per heavy atom. The number of anilines is 1. The number of terminal acetylenes is 1. The Kier molecular flexibility index (Phi) is 2.91. The Morgan fingerprint density at radius 1 is 1.75 bits per heavy atom. The molecule has 1 aromatic heterocycles. The molecule has 0 aliphatic carbocycles. The summed E-state index contributed by atoms with van der Waals surface area (Å²) in [5.74, 6) is 2.77. The lowest BCUT2D eigenvalue weighted by atomic mass is 10.4. The molecule has 1 heterocycles. The van der Waals surface area contributed by atoms with Gasteiger partial charge in [-0.3, -0.25) is 4.79 Å². The lowest BCUT2D eigenvalue weighted by Crippen LogP contribution is -2.15. The molecule has 62 valence electrons. The van der Waals surface area contributed by atoms with Crippen LogP contribution < -0.4 is 10.9 Å². The van der Waals surface area contributed by atoms with Crippen LogP contribution in [0.1, 0.15) is 6.42 Å². The van der Waals surface area contributed by atoms with Gasteiger partial charge in [-0.1, -0.05) is 0 Å². The fourth-order valence-electron chi connectivity index (χ4n) is 0.731. The van der Waals surface area contributed by atoms with Crippen molar-refractivity contribution in [3.05, 3.63) is 22.7 Å². The number of rotatable bonds is 3. The SMILES string of the molecule is C#CCCNc1ncc[nH]c1=O. The van der Waals surface area contributed by atoms with Crippen LogP contribution in [0.3, 0.4) is 0 Å². The van der Waals surface area contributed by atoms with Gasteiger partial charge >= 0.3 is 0 Å². The van der Waals surface area contributed by atoms with Gasteiger partial charge in [0, 0.05) is 25.4 Å². The quantitative estimate of drug-likeness (QED) is 0.494. The Morgan fingerprint density at radius 3 is 3.25 bits per heavy atom. The van der Waals surface area contributed by atoms with E-state index in [2.05, 4.69) is 21.2 Å². The van der Waals surface area contributed by atoms with Gasteiger partial charge in [0.2, 0.25) is 0 Å². The van der Waals surface area contributed by atoms with Crippen molar-refractivity contribution in [2.75, 3.05) is 11.9 Å². The Bertz CT molecular complexity index is 337. The molecule has 0 aromatic carbocycles. The van der Waals surface area contributed by atoms with E-state index in [-0.39, 0.29) is 5.56 Å². The van der Waals surface area contributed by atoms with Crippen LogP contribution in [-0.2, 0) is 0 Å². The fraction of sp³-hybridized carbons (Fsp3) is 0.250. The van der Waals surface area contributed by atoms with Crippen LogP contribution in [0.2, 0.25) is 0 Å². The summed E-state index contributed by atoms with van der Waals surface area (Å²) in [5.41, 5.74) is -0.227. The summed E-state index contributed by atoms with van der Waals surface area (Å²) in [6.45, 7) is 0.566. The molecule has 0 atom stereocenters. The van der Waals surface area contributed by atoms with Gasteiger partial charge in [-0.25, -0.2) is 4.98 Å². The molecule has 12 heavy (non-hydrogen) atoms. The van der Waals surface area contributed by atoms with E-state index in [4.69, 9.17) is 6.42 Å². The molecule has 0 radical (unpaired) electrons. The van der Waals surface area contributed by atoms with Crippen LogP contribution in [0.25, 0.3) is 0 Å². The van der Waals surface area contributed by atoms with Gasteiger partial charge in [0.15, 0.2) is 5.82 Å². The van der Waals surface area contributed by atoms with Crippen molar-refractivity contribution < 1.29 is 0 Å². The van der Waals surface area contributed by atoms with E-state index in [1.807, 2.05) is 0 Å². The molecular formula is C8H9N3O. The highest BCUT2D eigenvalue weighted by Crippen LogP contribution is 1.88. The van der Waals surface area contributed by atoms with Crippen LogP contribution in [0.15, 0.2) is 17.2 Å². The maximum absolute atomic E-state index is 11.0. The highest BCUT2D eigenvalue weighted by molar-refractivity contribution is 5.29. The molecule has 1 rings (SSSR count). The molecule has 0 saturated heterocycles. The normalized spacial score (nSPS) is 8.92. The lowest BCUT2D eigenvalue weighted by molar-refractivity contribution is 1.04. The molecule has 0 unspecified atom stereocenters. The predicted octanol–water partition coefficient (Wildman–Crippen LogP) is 0.205. The van der Waals surface area contributed by atoms with E-state index < -0.39 is 0 Å². The average Bonchev–Trinajstić information content (AvgIpc) is 2.09. The minimum absolute atomic E-state index is 0.227. The molecular weight excluding hydrogens is 154 g/mol. The third-order valence-corrected chi connectivity index (χ3v) is 1.27. The van der Waals surface area contributed by atoms with Crippen molar-refractivity contribution in [3.8, 4) is 12.3 Å². The standard InChI is InChI=1S/C8H9N3O/c1-2-3-4-9-7-8(12)11-6-5-10-7/h1,5-6H,3-4H2,(H,9,10)(H,11,12). The Hall–Kier alpha value is -1.76. The smallest absolute Gasteiger partial charge is 0.290 e. The second-order valence-electron chi connectivity index (χ2n) is 2.15. The summed E-state index contributed by atoms with van der Waals surface area (Å²) >= 11 is 0. The van der Waals surface area contributed by atoms with Crippen LogP contribution in [0.5, 0.6) is 0 Å². The number of aromatic nitrogens is 2. The van der Waals surface area contributed by atoms with E-state index >= 15 is 0 Å². The summed E-state index contributed by atoms with van der Waals surface area (Å²) in [5, 5.41) is 2.82. The molecule has 4 nitrogen and oxygen atoms in total. The van der Waals surface area contributed by atoms with E-state index in [1.54, 1.807) is 0 Å². The van der Waals surface area contributed by atoms with Gasteiger partial charge < -0.3 is 10.3 Å². The van der Waals surface area contributed by atoms with Crippen molar-refractivity contribution in [3.63, 3.8) is 0 Å². The zero-order valence-electron chi connectivity index (χ0n) is 6.50. The highest BCUT2D eigenvalue weighted by atomic mass is 16.1. The van der Waals surface area contributed by atoms with Crippen molar-refractivity contribution in [2.45, 2.75) is 6.42 Å². The maximum atomic E-state index is 11.0. The van der Waals surface area contributed by atoms with Crippen molar-refractivity contribution in [1.29, 1.82) is 0 Å². The number of H-pyrrole nitrogens is 1. The number of hydrogen-bond donors (Lipinski definition) is 2. The molecule has 4 heteroatoms. The number of hydrogen-bond acceptors (Lipinski definition) is 3. The first-order chi connectivity index (χ1) is 5.84. The van der Waals surface area contributed by atoms with Crippen LogP contribution in [-0.4, -0.2) is 16.5 Å². The van der Waals surface area contributed by atoms with E-state index in [1.165, 1.54) is 12.4 Å². The van der Waals surface area contributed by atoms with Crippen molar-refractivity contribution >= 4 is 5.82 Å². The second-order valence-corrected chi connectivity index (χ2v) is 2.15. The summed E-state index contributed by atoms with van der Waals surface area (Å²) in [4.78, 5) is 17.3. The van der Waals surface area contributed by atoms with Gasteiger partial charge in [-0.05, 0) is 0 Å². The van der Waals surface area contributed by atoms with Crippen molar-refractivity contribution in [2.24, 2.45) is 0 Å².